The standard InChI is InChI=1S/C24H44N2O2/c1-7-20(16-15-19(4)5)24(27)17-11-10-13-21(24)25-26-18-12-14-22(26)23(8-2,9-3)28-6/h7,19-20,22,27H,1,8-18H2,2-6H3/b25-21+/t20-,22+,24-/m1/s1. The predicted molar refractivity (Wildman–Crippen MR) is 119 cm³/mol. The zero-order valence-corrected chi connectivity index (χ0v) is 19.0. The molecule has 4 nitrogen and oxygen atoms in total. The first-order valence-corrected chi connectivity index (χ1v) is 11.6. The van der Waals surface area contributed by atoms with Crippen LogP contribution in [0, 0.1) is 11.8 Å². The van der Waals surface area contributed by atoms with Gasteiger partial charge < -0.3 is 9.84 Å². The Balaban J connectivity index is 2.30. The van der Waals surface area contributed by atoms with Crippen LogP contribution in [0.3, 0.4) is 0 Å². The largest absolute Gasteiger partial charge is 0.383 e. The van der Waals surface area contributed by atoms with Crippen LogP contribution in [0.1, 0.15) is 91.9 Å². The van der Waals surface area contributed by atoms with Gasteiger partial charge in [-0.15, -0.1) is 6.58 Å². The average Bonchev–Trinajstić information content (AvgIpc) is 3.15. The maximum atomic E-state index is 11.8. The van der Waals surface area contributed by atoms with Gasteiger partial charge in [0.15, 0.2) is 0 Å². The Kier molecular flexibility index (Phi) is 8.57. The van der Waals surface area contributed by atoms with Gasteiger partial charge in [0.2, 0.25) is 0 Å². The smallest absolute Gasteiger partial charge is 0.111 e. The van der Waals surface area contributed by atoms with Crippen LogP contribution in [0.2, 0.25) is 0 Å². The van der Waals surface area contributed by atoms with Crippen molar-refractivity contribution in [3.8, 4) is 0 Å². The molecular weight excluding hydrogens is 348 g/mol. The van der Waals surface area contributed by atoms with Gasteiger partial charge in [-0.3, -0.25) is 5.01 Å². The van der Waals surface area contributed by atoms with Crippen LogP contribution in [-0.2, 0) is 4.74 Å². The zero-order chi connectivity index (χ0) is 20.8. The highest BCUT2D eigenvalue weighted by Gasteiger charge is 2.45. The summed E-state index contributed by atoms with van der Waals surface area (Å²) in [5, 5.41) is 19.2. The van der Waals surface area contributed by atoms with E-state index in [-0.39, 0.29) is 11.5 Å². The number of methoxy groups -OCH3 is 1. The summed E-state index contributed by atoms with van der Waals surface area (Å²) in [6.07, 6.45) is 12.2. The number of hydrogen-bond acceptors (Lipinski definition) is 4. The molecule has 1 N–H and O–H groups in total. The second-order valence-electron chi connectivity index (χ2n) is 9.29. The number of rotatable bonds is 10. The molecule has 0 aromatic rings. The number of hydrazone groups is 1. The fraction of sp³-hybridized carbons (Fsp3) is 0.875. The van der Waals surface area contributed by atoms with Gasteiger partial charge in [0, 0.05) is 19.6 Å². The Morgan fingerprint density at radius 1 is 1.29 bits per heavy atom. The zero-order valence-electron chi connectivity index (χ0n) is 19.0. The molecule has 0 amide bonds. The lowest BCUT2D eigenvalue weighted by Gasteiger charge is -2.43. The van der Waals surface area contributed by atoms with Gasteiger partial charge in [-0.1, -0.05) is 40.2 Å². The molecule has 1 aliphatic carbocycles. The number of ether oxygens (including phenoxy) is 1. The lowest BCUT2D eigenvalue weighted by molar-refractivity contribution is -0.0739. The van der Waals surface area contributed by atoms with E-state index in [4.69, 9.17) is 9.84 Å². The molecule has 0 spiro atoms. The molecule has 1 aliphatic heterocycles. The Morgan fingerprint density at radius 3 is 2.57 bits per heavy atom. The van der Waals surface area contributed by atoms with Crippen LogP contribution in [-0.4, -0.2) is 46.7 Å². The van der Waals surface area contributed by atoms with Crippen molar-refractivity contribution in [3.05, 3.63) is 12.7 Å². The van der Waals surface area contributed by atoms with Crippen molar-refractivity contribution < 1.29 is 9.84 Å². The molecular formula is C24H44N2O2. The number of hydrogen-bond donors (Lipinski definition) is 1. The maximum Gasteiger partial charge on any atom is 0.111 e. The molecule has 1 heterocycles. The third-order valence-electron chi connectivity index (χ3n) is 7.36. The predicted octanol–water partition coefficient (Wildman–Crippen LogP) is 5.56. The molecule has 162 valence electrons. The molecule has 3 atom stereocenters. The molecule has 1 saturated heterocycles. The van der Waals surface area contributed by atoms with Crippen molar-refractivity contribution in [2.24, 2.45) is 16.9 Å². The third-order valence-corrected chi connectivity index (χ3v) is 7.36. The van der Waals surface area contributed by atoms with E-state index in [1.165, 1.54) is 0 Å². The molecule has 1 saturated carbocycles. The van der Waals surface area contributed by atoms with Gasteiger partial charge in [0.05, 0.1) is 17.4 Å². The van der Waals surface area contributed by atoms with Crippen LogP contribution in [0.5, 0.6) is 0 Å². The van der Waals surface area contributed by atoms with Crippen molar-refractivity contribution in [2.75, 3.05) is 13.7 Å². The monoisotopic (exact) mass is 392 g/mol. The van der Waals surface area contributed by atoms with Crippen molar-refractivity contribution >= 4 is 5.71 Å². The molecule has 0 unspecified atom stereocenters. The van der Waals surface area contributed by atoms with Crippen molar-refractivity contribution in [1.82, 2.24) is 5.01 Å². The van der Waals surface area contributed by atoms with Gasteiger partial charge in [-0.05, 0) is 63.7 Å². The van der Waals surface area contributed by atoms with Gasteiger partial charge in [0.1, 0.15) is 5.60 Å². The molecule has 0 aromatic carbocycles. The minimum Gasteiger partial charge on any atom is -0.383 e. The SMILES string of the molecule is C=C[C@H](CCC(C)C)[C@]1(O)CCCC/C1=N\N1CCC[C@H]1C(CC)(CC)OC. The summed E-state index contributed by atoms with van der Waals surface area (Å²) >= 11 is 0. The van der Waals surface area contributed by atoms with E-state index in [0.29, 0.717) is 12.0 Å². The van der Waals surface area contributed by atoms with Crippen molar-refractivity contribution in [3.63, 3.8) is 0 Å². The fourth-order valence-corrected chi connectivity index (χ4v) is 5.36. The van der Waals surface area contributed by atoms with E-state index in [0.717, 1.165) is 76.5 Å². The van der Waals surface area contributed by atoms with Crippen LogP contribution >= 0.6 is 0 Å². The Labute approximate surface area is 173 Å². The van der Waals surface area contributed by atoms with Crippen LogP contribution in [0.15, 0.2) is 17.8 Å². The van der Waals surface area contributed by atoms with E-state index in [1.54, 1.807) is 0 Å². The lowest BCUT2D eigenvalue weighted by atomic mass is 9.72. The van der Waals surface area contributed by atoms with E-state index in [2.05, 4.69) is 39.3 Å². The van der Waals surface area contributed by atoms with E-state index < -0.39 is 5.60 Å². The molecule has 2 aliphatic rings. The fourth-order valence-electron chi connectivity index (χ4n) is 5.36. The highest BCUT2D eigenvalue weighted by atomic mass is 16.5. The van der Waals surface area contributed by atoms with Gasteiger partial charge in [-0.25, -0.2) is 0 Å². The van der Waals surface area contributed by atoms with Gasteiger partial charge in [0.25, 0.3) is 0 Å². The summed E-state index contributed by atoms with van der Waals surface area (Å²) in [5.41, 5.74) is -0.00420. The Bertz CT molecular complexity index is 518. The van der Waals surface area contributed by atoms with Crippen LogP contribution < -0.4 is 0 Å². The minimum absolute atomic E-state index is 0.0829. The minimum atomic E-state index is -0.837. The molecule has 2 rings (SSSR count). The summed E-state index contributed by atoms with van der Waals surface area (Å²) in [6.45, 7) is 14.0. The Morgan fingerprint density at radius 2 is 2.00 bits per heavy atom. The first-order chi connectivity index (χ1) is 13.4. The number of nitrogens with zero attached hydrogens (tertiary/aromatic N) is 2. The summed E-state index contributed by atoms with van der Waals surface area (Å²) in [7, 11) is 1.84. The summed E-state index contributed by atoms with van der Waals surface area (Å²) in [5.74, 6) is 0.717. The summed E-state index contributed by atoms with van der Waals surface area (Å²) in [6, 6.07) is 0.295. The van der Waals surface area contributed by atoms with Crippen molar-refractivity contribution in [1.29, 1.82) is 0 Å². The first kappa shape index (κ1) is 23.4. The van der Waals surface area contributed by atoms with Gasteiger partial charge >= 0.3 is 0 Å². The first-order valence-electron chi connectivity index (χ1n) is 11.6. The quantitative estimate of drug-likeness (QED) is 0.495. The molecule has 28 heavy (non-hydrogen) atoms. The molecule has 0 radical (unpaired) electrons. The maximum absolute atomic E-state index is 11.8. The molecule has 4 heteroatoms. The van der Waals surface area contributed by atoms with Crippen molar-refractivity contribution in [2.45, 2.75) is 109 Å². The summed E-state index contributed by atoms with van der Waals surface area (Å²) in [4.78, 5) is 0. The second kappa shape index (κ2) is 10.2. The van der Waals surface area contributed by atoms with Gasteiger partial charge in [-0.2, -0.15) is 5.10 Å². The van der Waals surface area contributed by atoms with Crippen LogP contribution in [0.25, 0.3) is 0 Å². The second-order valence-corrected chi connectivity index (χ2v) is 9.29. The Hall–Kier alpha value is -0.870. The normalized spacial score (nSPS) is 28.9. The van der Waals surface area contributed by atoms with E-state index in [1.807, 2.05) is 13.2 Å². The highest BCUT2D eigenvalue weighted by molar-refractivity contribution is 5.93. The summed E-state index contributed by atoms with van der Waals surface area (Å²) < 4.78 is 6.04. The van der Waals surface area contributed by atoms with E-state index in [9.17, 15) is 5.11 Å². The lowest BCUT2D eigenvalue weighted by Crippen LogP contribution is -2.52. The average molecular weight is 393 g/mol. The highest BCUT2D eigenvalue weighted by Crippen LogP contribution is 2.39. The molecule has 0 bridgehead atoms. The topological polar surface area (TPSA) is 45.1 Å². The molecule has 2 fully saturated rings. The van der Waals surface area contributed by atoms with E-state index >= 15 is 0 Å². The van der Waals surface area contributed by atoms with Crippen LogP contribution in [0.4, 0.5) is 0 Å². The third kappa shape index (κ3) is 4.81. The molecule has 0 aromatic heterocycles. The number of aliphatic hydroxyl groups is 1.